The molecule has 2 heterocycles. The van der Waals surface area contributed by atoms with E-state index in [4.69, 9.17) is 5.73 Å². The number of carboxylic acid groups (broad SMARTS) is 1. The molecule has 2 aliphatic carbocycles. The number of nitrogens with two attached hydrogens (primary N) is 1. The first-order chi connectivity index (χ1) is 13.8. The van der Waals surface area contributed by atoms with Gasteiger partial charge in [0.1, 0.15) is 5.75 Å². The number of nitrogens with one attached hydrogen (secondary N) is 1. The summed E-state index contributed by atoms with van der Waals surface area (Å²) in [5.41, 5.74) is 4.71. The summed E-state index contributed by atoms with van der Waals surface area (Å²) in [6, 6.07) is 1.72. The fraction of sp³-hybridized carbons (Fsp3) is 0.400. The number of aromatic hydroxyl groups is 1. The van der Waals surface area contributed by atoms with Crippen LogP contribution in [0.5, 0.6) is 5.75 Å². The van der Waals surface area contributed by atoms with E-state index < -0.39 is 34.5 Å². The second kappa shape index (κ2) is 6.03. The van der Waals surface area contributed by atoms with Crippen molar-refractivity contribution in [2.45, 2.75) is 25.3 Å². The van der Waals surface area contributed by atoms with Gasteiger partial charge < -0.3 is 25.8 Å². The van der Waals surface area contributed by atoms with Crippen molar-refractivity contribution in [3.8, 4) is 17.0 Å². The molecule has 1 aromatic carbocycles. The lowest BCUT2D eigenvalue weighted by atomic mass is 9.97. The maximum atomic E-state index is 15.2. The number of aryl methyl sites for hydroxylation is 1. The number of carbonyl (C=O) groups is 1. The maximum absolute atomic E-state index is 15.2. The van der Waals surface area contributed by atoms with Gasteiger partial charge in [0.15, 0.2) is 17.2 Å². The van der Waals surface area contributed by atoms with E-state index >= 15 is 8.78 Å². The first-order valence-electron chi connectivity index (χ1n) is 9.52. The summed E-state index contributed by atoms with van der Waals surface area (Å²) in [7, 11) is 0. The fourth-order valence-corrected chi connectivity index (χ4v) is 4.87. The lowest BCUT2D eigenvalue weighted by molar-refractivity contribution is 0.0691. The third-order valence-corrected chi connectivity index (χ3v) is 6.50. The zero-order chi connectivity index (χ0) is 20.6. The number of nitrogens with zero attached hydrogens (tertiary/aromatic N) is 1. The monoisotopic (exact) mass is 403 g/mol. The summed E-state index contributed by atoms with van der Waals surface area (Å²) < 4.78 is 30.2. The highest BCUT2D eigenvalue weighted by Gasteiger charge is 2.54. The van der Waals surface area contributed by atoms with Crippen LogP contribution in [0.15, 0.2) is 10.9 Å². The number of aromatic nitrogens is 1. The molecule has 9 heteroatoms. The van der Waals surface area contributed by atoms with Crippen LogP contribution in [-0.4, -0.2) is 40.3 Å². The van der Waals surface area contributed by atoms with E-state index in [2.05, 4.69) is 4.98 Å². The van der Waals surface area contributed by atoms with Gasteiger partial charge in [0.05, 0.1) is 11.4 Å². The molecule has 0 bridgehead atoms. The van der Waals surface area contributed by atoms with Gasteiger partial charge in [-0.15, -0.1) is 0 Å². The molecule has 3 aliphatic rings. The number of carboxylic acids is 1. The van der Waals surface area contributed by atoms with Gasteiger partial charge in [-0.05, 0) is 42.7 Å². The predicted molar refractivity (Wildman–Crippen MR) is 100 cm³/mol. The van der Waals surface area contributed by atoms with E-state index in [9.17, 15) is 19.8 Å². The molecular formula is C20H19F2N3O4. The van der Waals surface area contributed by atoms with Crippen LogP contribution in [0.2, 0.25) is 0 Å². The van der Waals surface area contributed by atoms with Gasteiger partial charge in [-0.2, -0.15) is 0 Å². The number of pyridine rings is 1. The van der Waals surface area contributed by atoms with Gasteiger partial charge in [-0.3, -0.25) is 4.79 Å². The number of aromatic amines is 1. The fourth-order valence-electron chi connectivity index (χ4n) is 4.87. The minimum Gasteiger partial charge on any atom is -0.506 e. The maximum Gasteiger partial charge on any atom is 0.345 e. The zero-order valence-electron chi connectivity index (χ0n) is 15.3. The smallest absolute Gasteiger partial charge is 0.345 e. The first-order valence-corrected chi connectivity index (χ1v) is 9.52. The molecule has 1 saturated heterocycles. The summed E-state index contributed by atoms with van der Waals surface area (Å²) in [5.74, 6) is -3.79. The summed E-state index contributed by atoms with van der Waals surface area (Å²) in [6.07, 6.45) is 1.11. The molecule has 1 aliphatic heterocycles. The Bertz CT molecular complexity index is 1120. The number of hydrogen-bond donors (Lipinski definition) is 4. The van der Waals surface area contributed by atoms with Crippen molar-refractivity contribution in [2.24, 2.45) is 17.6 Å². The number of H-pyrrole nitrogens is 1. The van der Waals surface area contributed by atoms with Crippen molar-refractivity contribution in [1.29, 1.82) is 0 Å². The third-order valence-electron chi connectivity index (χ3n) is 6.50. The quantitative estimate of drug-likeness (QED) is 0.605. The topological polar surface area (TPSA) is 120 Å². The molecule has 1 saturated carbocycles. The van der Waals surface area contributed by atoms with Crippen molar-refractivity contribution in [3.63, 3.8) is 0 Å². The highest BCUT2D eigenvalue weighted by atomic mass is 19.2. The second-order valence-corrected chi connectivity index (χ2v) is 8.06. The van der Waals surface area contributed by atoms with Crippen LogP contribution in [0.3, 0.4) is 0 Å². The number of aromatic carboxylic acids is 1. The minimum atomic E-state index is -1.58. The van der Waals surface area contributed by atoms with E-state index in [1.54, 1.807) is 11.0 Å². The first kappa shape index (κ1) is 18.1. The molecule has 0 amide bonds. The molecule has 0 spiro atoms. The Morgan fingerprint density at radius 1 is 1.21 bits per heavy atom. The zero-order valence-corrected chi connectivity index (χ0v) is 15.3. The Kier molecular flexibility index (Phi) is 3.76. The van der Waals surface area contributed by atoms with Gasteiger partial charge >= 0.3 is 5.97 Å². The number of piperidine rings is 1. The molecule has 0 radical (unpaired) electrons. The molecule has 152 valence electrons. The average molecular weight is 403 g/mol. The molecule has 1 aromatic heterocycles. The van der Waals surface area contributed by atoms with Crippen molar-refractivity contribution in [1.82, 2.24) is 4.98 Å². The Labute approximate surface area is 163 Å². The van der Waals surface area contributed by atoms with Crippen LogP contribution in [0, 0.1) is 23.5 Å². The number of halogens is 2. The number of benzene rings is 1. The molecule has 3 atom stereocenters. The summed E-state index contributed by atoms with van der Waals surface area (Å²) in [5, 5.41) is 19.5. The van der Waals surface area contributed by atoms with Gasteiger partial charge in [-0.25, -0.2) is 13.6 Å². The van der Waals surface area contributed by atoms with Crippen molar-refractivity contribution in [3.05, 3.63) is 44.7 Å². The lowest BCUT2D eigenvalue weighted by Gasteiger charge is -2.24. The molecule has 2 aromatic rings. The minimum absolute atomic E-state index is 0.0563. The number of anilines is 1. The number of fused-ring (bicyclic) bond motifs is 4. The van der Waals surface area contributed by atoms with Gasteiger partial charge in [-0.1, -0.05) is 0 Å². The van der Waals surface area contributed by atoms with E-state index in [-0.39, 0.29) is 35.0 Å². The van der Waals surface area contributed by atoms with E-state index in [0.717, 1.165) is 0 Å². The molecule has 5 N–H and O–H groups in total. The van der Waals surface area contributed by atoms with Crippen LogP contribution < -0.4 is 16.2 Å². The molecule has 5 rings (SSSR count). The average Bonchev–Trinajstić information content (AvgIpc) is 3.09. The largest absolute Gasteiger partial charge is 0.506 e. The molecule has 2 fully saturated rings. The van der Waals surface area contributed by atoms with Crippen LogP contribution >= 0.6 is 0 Å². The predicted octanol–water partition coefficient (Wildman–Crippen LogP) is 1.61. The van der Waals surface area contributed by atoms with Gasteiger partial charge in [0.2, 0.25) is 0 Å². The Morgan fingerprint density at radius 3 is 2.55 bits per heavy atom. The van der Waals surface area contributed by atoms with Crippen molar-refractivity contribution in [2.75, 3.05) is 18.0 Å². The Balaban J connectivity index is 1.67. The Hall–Kier alpha value is -2.94. The Morgan fingerprint density at radius 2 is 1.90 bits per heavy atom. The normalized spacial score (nSPS) is 24.5. The van der Waals surface area contributed by atoms with Gasteiger partial charge in [0, 0.05) is 30.3 Å². The standard InChI is InChI=1S/C20H19F2N3O4/c21-14-11(25-5-9-10(6-25)16(9)23)4-7-2-1-3-8-17(12(7)15(14)22)24-19(27)13(18(8)26)20(28)29/h4,9-10,16H,1-3,5-6,23H2,(H,28,29)(H2,24,26,27)/t9-,10+,16+. The SMILES string of the molecule is N[C@@H]1[C@H]2CN(c3cc4c(c(F)c3F)-c3[nH]c(=O)c(C(=O)O)c(O)c3CCC4)C[C@@H]12. The number of hydrogen-bond acceptors (Lipinski definition) is 5. The third kappa shape index (κ3) is 2.50. The molecule has 7 nitrogen and oxygen atoms in total. The van der Waals surface area contributed by atoms with Crippen LogP contribution in [0.25, 0.3) is 11.3 Å². The van der Waals surface area contributed by atoms with Crippen molar-refractivity contribution < 1.29 is 23.8 Å². The summed E-state index contributed by atoms with van der Waals surface area (Å²) in [4.78, 5) is 27.6. The van der Waals surface area contributed by atoms with E-state index in [1.807, 2.05) is 0 Å². The van der Waals surface area contributed by atoms with Crippen molar-refractivity contribution >= 4 is 11.7 Å². The second-order valence-electron chi connectivity index (χ2n) is 8.06. The molecular weight excluding hydrogens is 384 g/mol. The van der Waals surface area contributed by atoms with E-state index in [1.165, 1.54) is 0 Å². The van der Waals surface area contributed by atoms with Crippen LogP contribution in [-0.2, 0) is 12.8 Å². The highest BCUT2D eigenvalue weighted by Crippen LogP contribution is 2.47. The molecule has 29 heavy (non-hydrogen) atoms. The lowest BCUT2D eigenvalue weighted by Crippen LogP contribution is -2.29. The summed E-state index contributed by atoms with van der Waals surface area (Å²) >= 11 is 0. The highest BCUT2D eigenvalue weighted by molar-refractivity contribution is 5.92. The van der Waals surface area contributed by atoms with Gasteiger partial charge in [0.25, 0.3) is 5.56 Å². The van der Waals surface area contributed by atoms with E-state index in [0.29, 0.717) is 43.3 Å². The van der Waals surface area contributed by atoms with Crippen LogP contribution in [0.1, 0.15) is 27.9 Å². The van der Waals surface area contributed by atoms with Crippen LogP contribution in [0.4, 0.5) is 14.5 Å². The molecule has 0 unspecified atom stereocenters. The number of rotatable bonds is 2. The summed E-state index contributed by atoms with van der Waals surface area (Å²) in [6.45, 7) is 1.16.